The average molecular weight is 243 g/mol. The number of phenolic OH excluding ortho intramolecular Hbond substituents is 1. The predicted octanol–water partition coefficient (Wildman–Crippen LogP) is 2.76. The Morgan fingerprint density at radius 1 is 1.50 bits per heavy atom. The Balaban J connectivity index is 2.45. The Hall–Kier alpha value is -0.740. The number of hydrogen-bond donors (Lipinski definition) is 2. The maximum absolute atomic E-state index is 13.0. The zero-order chi connectivity index (χ0) is 12.0. The van der Waals surface area contributed by atoms with E-state index in [0.29, 0.717) is 18.2 Å². The topological polar surface area (TPSA) is 32.3 Å². The predicted molar refractivity (Wildman–Crippen MR) is 67.4 cm³/mol. The van der Waals surface area contributed by atoms with Crippen molar-refractivity contribution in [3.05, 3.63) is 29.6 Å². The van der Waals surface area contributed by atoms with E-state index in [2.05, 4.69) is 19.2 Å². The molecule has 0 radical (unpaired) electrons. The number of phenols is 1. The van der Waals surface area contributed by atoms with E-state index >= 15 is 0 Å². The van der Waals surface area contributed by atoms with Gasteiger partial charge in [-0.05, 0) is 18.7 Å². The van der Waals surface area contributed by atoms with Crippen molar-refractivity contribution in [2.75, 3.05) is 11.5 Å². The van der Waals surface area contributed by atoms with Crippen molar-refractivity contribution in [3.8, 4) is 5.75 Å². The molecule has 0 saturated carbocycles. The zero-order valence-corrected chi connectivity index (χ0v) is 10.5. The van der Waals surface area contributed by atoms with Crippen LogP contribution in [0.4, 0.5) is 4.39 Å². The van der Waals surface area contributed by atoms with Crippen molar-refractivity contribution < 1.29 is 9.50 Å². The van der Waals surface area contributed by atoms with Gasteiger partial charge in [-0.1, -0.05) is 19.1 Å². The van der Waals surface area contributed by atoms with Crippen LogP contribution in [0.2, 0.25) is 0 Å². The smallest absolute Gasteiger partial charge is 0.165 e. The first-order valence-electron chi connectivity index (χ1n) is 5.42. The lowest BCUT2D eigenvalue weighted by Gasteiger charge is -2.13. The van der Waals surface area contributed by atoms with Crippen LogP contribution in [-0.2, 0) is 6.54 Å². The Labute approximate surface area is 100 Å². The van der Waals surface area contributed by atoms with Crippen molar-refractivity contribution in [1.82, 2.24) is 5.32 Å². The molecule has 4 heteroatoms. The Bertz CT molecular complexity index is 333. The summed E-state index contributed by atoms with van der Waals surface area (Å²) in [6.45, 7) is 4.70. The number of halogens is 1. The van der Waals surface area contributed by atoms with E-state index in [0.717, 1.165) is 11.5 Å². The molecule has 0 bridgehead atoms. The molecule has 0 aromatic heterocycles. The van der Waals surface area contributed by atoms with Crippen molar-refractivity contribution >= 4 is 11.8 Å². The summed E-state index contributed by atoms with van der Waals surface area (Å²) in [6, 6.07) is 4.95. The van der Waals surface area contributed by atoms with Crippen LogP contribution >= 0.6 is 11.8 Å². The highest BCUT2D eigenvalue weighted by atomic mass is 32.2. The molecule has 2 nitrogen and oxygen atoms in total. The highest BCUT2D eigenvalue weighted by Gasteiger charge is 2.07. The van der Waals surface area contributed by atoms with Gasteiger partial charge in [0.1, 0.15) is 0 Å². The second-order valence-electron chi connectivity index (χ2n) is 3.69. The van der Waals surface area contributed by atoms with Crippen LogP contribution in [0.1, 0.15) is 19.4 Å². The first kappa shape index (κ1) is 13.3. The largest absolute Gasteiger partial charge is 0.505 e. The lowest BCUT2D eigenvalue weighted by Crippen LogP contribution is -2.27. The van der Waals surface area contributed by atoms with Gasteiger partial charge in [-0.2, -0.15) is 11.8 Å². The summed E-state index contributed by atoms with van der Waals surface area (Å²) in [4.78, 5) is 0. The first-order valence-corrected chi connectivity index (χ1v) is 6.58. The third-order valence-corrected chi connectivity index (χ3v) is 3.43. The van der Waals surface area contributed by atoms with E-state index in [4.69, 9.17) is 0 Å². The quantitative estimate of drug-likeness (QED) is 0.806. The Morgan fingerprint density at radius 2 is 2.25 bits per heavy atom. The van der Waals surface area contributed by atoms with Crippen molar-refractivity contribution in [3.63, 3.8) is 0 Å². The first-order chi connectivity index (χ1) is 7.65. The number of hydrogen-bond acceptors (Lipinski definition) is 3. The lowest BCUT2D eigenvalue weighted by atomic mass is 10.2. The minimum atomic E-state index is -0.560. The molecule has 0 heterocycles. The van der Waals surface area contributed by atoms with Crippen LogP contribution in [-0.4, -0.2) is 22.7 Å². The molecular formula is C12H18FNOS. The fourth-order valence-corrected chi connectivity index (χ4v) is 2.05. The van der Waals surface area contributed by atoms with Crippen molar-refractivity contribution in [2.24, 2.45) is 0 Å². The molecular weight excluding hydrogens is 225 g/mol. The number of rotatable bonds is 6. The SMILES string of the molecule is CCSCC(C)NCc1cccc(F)c1O. The number of thioether (sulfide) groups is 1. The molecule has 0 spiro atoms. The summed E-state index contributed by atoms with van der Waals surface area (Å²) in [6.07, 6.45) is 0. The third-order valence-electron chi connectivity index (χ3n) is 2.28. The zero-order valence-electron chi connectivity index (χ0n) is 9.66. The van der Waals surface area contributed by atoms with E-state index in [-0.39, 0.29) is 5.75 Å². The van der Waals surface area contributed by atoms with E-state index in [1.165, 1.54) is 6.07 Å². The van der Waals surface area contributed by atoms with Gasteiger partial charge in [0.15, 0.2) is 11.6 Å². The van der Waals surface area contributed by atoms with E-state index < -0.39 is 5.82 Å². The van der Waals surface area contributed by atoms with Crippen molar-refractivity contribution in [1.29, 1.82) is 0 Å². The maximum atomic E-state index is 13.0. The summed E-state index contributed by atoms with van der Waals surface area (Å²) in [5.41, 5.74) is 0.605. The van der Waals surface area contributed by atoms with Gasteiger partial charge in [0, 0.05) is 23.9 Å². The number of benzene rings is 1. The van der Waals surface area contributed by atoms with E-state index in [1.807, 2.05) is 11.8 Å². The van der Waals surface area contributed by atoms with Gasteiger partial charge >= 0.3 is 0 Å². The number of aromatic hydroxyl groups is 1. The fourth-order valence-electron chi connectivity index (χ4n) is 1.34. The summed E-state index contributed by atoms with van der Waals surface area (Å²) in [5, 5.41) is 12.7. The van der Waals surface area contributed by atoms with Gasteiger partial charge in [-0.15, -0.1) is 0 Å². The minimum Gasteiger partial charge on any atom is -0.505 e. The normalized spacial score (nSPS) is 12.7. The van der Waals surface area contributed by atoms with Crippen LogP contribution < -0.4 is 5.32 Å². The Morgan fingerprint density at radius 3 is 2.94 bits per heavy atom. The van der Waals surface area contributed by atoms with Gasteiger partial charge in [-0.3, -0.25) is 0 Å². The molecule has 1 atom stereocenters. The molecule has 90 valence electrons. The molecule has 0 aliphatic carbocycles. The van der Waals surface area contributed by atoms with Crippen LogP contribution in [0.15, 0.2) is 18.2 Å². The summed E-state index contributed by atoms with van der Waals surface area (Å²) < 4.78 is 13.0. The van der Waals surface area contributed by atoms with E-state index in [1.54, 1.807) is 12.1 Å². The monoisotopic (exact) mass is 243 g/mol. The van der Waals surface area contributed by atoms with Crippen LogP contribution in [0.3, 0.4) is 0 Å². The average Bonchev–Trinajstić information content (AvgIpc) is 2.28. The lowest BCUT2D eigenvalue weighted by molar-refractivity contribution is 0.421. The van der Waals surface area contributed by atoms with Gasteiger partial charge in [0.05, 0.1) is 0 Å². The molecule has 1 aromatic rings. The minimum absolute atomic E-state index is 0.245. The van der Waals surface area contributed by atoms with Gasteiger partial charge < -0.3 is 10.4 Å². The summed E-state index contributed by atoms with van der Waals surface area (Å²) in [7, 11) is 0. The number of para-hydroxylation sites is 1. The highest BCUT2D eigenvalue weighted by molar-refractivity contribution is 7.99. The van der Waals surface area contributed by atoms with E-state index in [9.17, 15) is 9.50 Å². The van der Waals surface area contributed by atoms with Crippen LogP contribution in [0, 0.1) is 5.82 Å². The summed E-state index contributed by atoms with van der Waals surface area (Å²) >= 11 is 1.86. The molecule has 0 amide bonds. The van der Waals surface area contributed by atoms with Gasteiger partial charge in [0.25, 0.3) is 0 Å². The van der Waals surface area contributed by atoms with Crippen LogP contribution in [0.25, 0.3) is 0 Å². The molecule has 2 N–H and O–H groups in total. The van der Waals surface area contributed by atoms with Crippen LogP contribution in [0.5, 0.6) is 5.75 Å². The molecule has 0 aliphatic heterocycles. The second-order valence-corrected chi connectivity index (χ2v) is 5.01. The van der Waals surface area contributed by atoms with Gasteiger partial charge in [-0.25, -0.2) is 4.39 Å². The second kappa shape index (κ2) is 6.76. The molecule has 1 rings (SSSR count). The molecule has 0 aliphatic rings. The van der Waals surface area contributed by atoms with Gasteiger partial charge in [0.2, 0.25) is 0 Å². The maximum Gasteiger partial charge on any atom is 0.165 e. The fraction of sp³-hybridized carbons (Fsp3) is 0.500. The van der Waals surface area contributed by atoms with Crippen molar-refractivity contribution in [2.45, 2.75) is 26.4 Å². The third kappa shape index (κ3) is 4.02. The number of nitrogens with one attached hydrogen (secondary N) is 1. The Kier molecular flexibility index (Phi) is 5.63. The summed E-state index contributed by atoms with van der Waals surface area (Å²) in [5.74, 6) is 1.31. The molecule has 0 saturated heterocycles. The molecule has 16 heavy (non-hydrogen) atoms. The standard InChI is InChI=1S/C12H18FNOS/c1-3-16-8-9(2)14-7-10-5-4-6-11(13)12(10)15/h4-6,9,14-15H,3,7-8H2,1-2H3. The highest BCUT2D eigenvalue weighted by Crippen LogP contribution is 2.20. The molecule has 1 aromatic carbocycles. The molecule has 1 unspecified atom stereocenters. The molecule has 0 fully saturated rings.